The van der Waals surface area contributed by atoms with Crippen molar-refractivity contribution in [3.05, 3.63) is 41.5 Å². The predicted octanol–water partition coefficient (Wildman–Crippen LogP) is 6.62. The molecule has 1 unspecified atom stereocenters. The lowest BCUT2D eigenvalue weighted by molar-refractivity contribution is -0.0651. The van der Waals surface area contributed by atoms with Crippen LogP contribution >= 0.6 is 0 Å². The summed E-state index contributed by atoms with van der Waals surface area (Å²) in [7, 11) is 1.70. The molecule has 3 saturated carbocycles. The Balaban J connectivity index is 1.36. The zero-order valence-corrected chi connectivity index (χ0v) is 20.2. The van der Waals surface area contributed by atoms with E-state index in [2.05, 4.69) is 44.2 Å². The molecule has 4 aliphatic rings. The summed E-state index contributed by atoms with van der Waals surface area (Å²) in [5.41, 5.74) is 9.23. The molecule has 4 aliphatic carbocycles. The van der Waals surface area contributed by atoms with Gasteiger partial charge in [-0.15, -0.1) is 0 Å². The molecule has 3 heteroatoms. The van der Waals surface area contributed by atoms with Crippen LogP contribution in [0, 0.1) is 34.5 Å². The number of methoxy groups -OCH3 is 1. The van der Waals surface area contributed by atoms with E-state index in [4.69, 9.17) is 15.2 Å². The molecule has 1 aromatic carbocycles. The zero-order chi connectivity index (χ0) is 22.3. The van der Waals surface area contributed by atoms with Crippen LogP contribution in [-0.4, -0.2) is 20.3 Å². The van der Waals surface area contributed by atoms with Crippen LogP contribution in [0.2, 0.25) is 0 Å². The molecule has 3 nitrogen and oxygen atoms in total. The van der Waals surface area contributed by atoms with Crippen molar-refractivity contribution in [2.75, 3.05) is 20.3 Å². The second-order valence-electron chi connectivity index (χ2n) is 11.4. The molecule has 0 radical (unpaired) electrons. The quantitative estimate of drug-likeness (QED) is 0.565. The molecule has 0 saturated heterocycles. The summed E-state index contributed by atoms with van der Waals surface area (Å²) in [4.78, 5) is 0. The number of hydrogen-bond acceptors (Lipinski definition) is 3. The first-order valence-electron chi connectivity index (χ1n) is 12.9. The fourth-order valence-electron chi connectivity index (χ4n) is 8.07. The zero-order valence-electron chi connectivity index (χ0n) is 20.2. The van der Waals surface area contributed by atoms with Crippen LogP contribution in [-0.2, 0) is 0 Å². The lowest BCUT2D eigenvalue weighted by atomic mass is 9.46. The smallest absolute Gasteiger partial charge is 0.161 e. The second kappa shape index (κ2) is 8.56. The van der Waals surface area contributed by atoms with Crippen molar-refractivity contribution in [1.82, 2.24) is 0 Å². The summed E-state index contributed by atoms with van der Waals surface area (Å²) < 4.78 is 11.3. The number of rotatable bonds is 5. The van der Waals surface area contributed by atoms with Gasteiger partial charge in [0.15, 0.2) is 11.5 Å². The molecule has 32 heavy (non-hydrogen) atoms. The van der Waals surface area contributed by atoms with Gasteiger partial charge in [-0.3, -0.25) is 0 Å². The number of benzene rings is 1. The van der Waals surface area contributed by atoms with Gasteiger partial charge in [-0.25, -0.2) is 0 Å². The van der Waals surface area contributed by atoms with E-state index in [0.29, 0.717) is 24.0 Å². The summed E-state index contributed by atoms with van der Waals surface area (Å²) in [6.45, 7) is 6.20. The molecule has 1 aromatic rings. The Morgan fingerprint density at radius 2 is 1.94 bits per heavy atom. The Morgan fingerprint density at radius 3 is 2.75 bits per heavy atom. The van der Waals surface area contributed by atoms with E-state index in [9.17, 15) is 0 Å². The molecule has 6 atom stereocenters. The molecule has 174 valence electrons. The Bertz CT molecular complexity index is 904. The molecular formula is C29H41NO2. The lowest BCUT2D eigenvalue weighted by Gasteiger charge is -2.58. The maximum atomic E-state index is 5.71. The van der Waals surface area contributed by atoms with E-state index in [1.165, 1.54) is 62.5 Å². The molecule has 5 rings (SSSR count). The van der Waals surface area contributed by atoms with Crippen molar-refractivity contribution in [1.29, 1.82) is 0 Å². The molecule has 0 aliphatic heterocycles. The van der Waals surface area contributed by atoms with E-state index >= 15 is 0 Å². The summed E-state index contributed by atoms with van der Waals surface area (Å²) in [5, 5.41) is 0. The van der Waals surface area contributed by atoms with Crippen LogP contribution in [0.25, 0.3) is 6.08 Å². The van der Waals surface area contributed by atoms with Crippen molar-refractivity contribution in [2.45, 2.75) is 65.2 Å². The highest BCUT2D eigenvalue weighted by Crippen LogP contribution is 2.65. The summed E-state index contributed by atoms with van der Waals surface area (Å²) in [6, 6.07) is 6.21. The maximum absolute atomic E-state index is 5.71. The number of hydrogen-bond donors (Lipinski definition) is 1. The normalized spacial score (nSPS) is 39.3. The van der Waals surface area contributed by atoms with Crippen LogP contribution in [0.1, 0.15) is 70.8 Å². The average molecular weight is 436 g/mol. The Kier molecular flexibility index (Phi) is 5.90. The fraction of sp³-hybridized carbons (Fsp3) is 0.655. The van der Waals surface area contributed by atoms with E-state index in [1.54, 1.807) is 7.11 Å². The highest BCUT2D eigenvalue weighted by Gasteiger charge is 2.56. The van der Waals surface area contributed by atoms with Crippen molar-refractivity contribution < 1.29 is 9.47 Å². The Labute approximate surface area is 194 Å². The summed E-state index contributed by atoms with van der Waals surface area (Å²) in [6.07, 6.45) is 18.7. The minimum absolute atomic E-state index is 0.377. The van der Waals surface area contributed by atoms with E-state index in [-0.39, 0.29) is 0 Å². The maximum Gasteiger partial charge on any atom is 0.161 e. The molecule has 0 amide bonds. The topological polar surface area (TPSA) is 44.5 Å². The number of ether oxygens (including phenoxy) is 2. The van der Waals surface area contributed by atoms with Gasteiger partial charge in [-0.1, -0.05) is 44.6 Å². The first kappa shape index (κ1) is 22.1. The third kappa shape index (κ3) is 3.71. The van der Waals surface area contributed by atoms with Gasteiger partial charge in [0, 0.05) is 6.54 Å². The minimum atomic E-state index is 0.377. The van der Waals surface area contributed by atoms with E-state index in [1.807, 2.05) is 6.07 Å². The number of allylic oxidation sites excluding steroid dienone is 3. The highest BCUT2D eigenvalue weighted by molar-refractivity contribution is 5.60. The predicted molar refractivity (Wildman–Crippen MR) is 132 cm³/mol. The van der Waals surface area contributed by atoms with Crippen LogP contribution in [0.15, 0.2) is 35.9 Å². The molecule has 0 heterocycles. The van der Waals surface area contributed by atoms with Gasteiger partial charge in [0.25, 0.3) is 0 Å². The number of nitrogens with two attached hydrogens (primary N) is 1. The average Bonchev–Trinajstić information content (AvgIpc) is 3.20. The first-order chi connectivity index (χ1) is 15.5. The summed E-state index contributed by atoms with van der Waals surface area (Å²) in [5.74, 6) is 5.14. The molecule has 2 N–H and O–H groups in total. The van der Waals surface area contributed by atoms with Gasteiger partial charge in [-0.05, 0) is 103 Å². The van der Waals surface area contributed by atoms with Gasteiger partial charge >= 0.3 is 0 Å². The van der Waals surface area contributed by atoms with Crippen molar-refractivity contribution in [2.24, 2.45) is 40.2 Å². The Hall–Kier alpha value is -1.74. The van der Waals surface area contributed by atoms with Crippen molar-refractivity contribution >= 4 is 6.08 Å². The van der Waals surface area contributed by atoms with Crippen LogP contribution in [0.3, 0.4) is 0 Å². The molecule has 3 fully saturated rings. The monoisotopic (exact) mass is 435 g/mol. The summed E-state index contributed by atoms with van der Waals surface area (Å²) >= 11 is 0. The third-order valence-corrected chi connectivity index (χ3v) is 9.80. The van der Waals surface area contributed by atoms with Crippen LogP contribution in [0.5, 0.6) is 11.5 Å². The van der Waals surface area contributed by atoms with Crippen molar-refractivity contribution in [3.8, 4) is 11.5 Å². The van der Waals surface area contributed by atoms with E-state index in [0.717, 1.165) is 35.2 Å². The van der Waals surface area contributed by atoms with E-state index < -0.39 is 0 Å². The van der Waals surface area contributed by atoms with Gasteiger partial charge < -0.3 is 15.2 Å². The van der Waals surface area contributed by atoms with Crippen molar-refractivity contribution in [3.63, 3.8) is 0 Å². The molecule has 0 bridgehead atoms. The Morgan fingerprint density at radius 1 is 1.06 bits per heavy atom. The molecule has 0 spiro atoms. The molecule has 0 aromatic heterocycles. The first-order valence-corrected chi connectivity index (χ1v) is 12.9. The SMILES string of the molecule is COc1cc(/C=C2/C=C[C@@]3(C)C(CC[C@H]4[C@@H]5CCC[C@@]5(C)CC[C@@H]43)C2)ccc1OCCN. The van der Waals surface area contributed by atoms with Gasteiger partial charge in [0.05, 0.1) is 7.11 Å². The highest BCUT2D eigenvalue weighted by atomic mass is 16.5. The van der Waals surface area contributed by atoms with Gasteiger partial charge in [-0.2, -0.15) is 0 Å². The number of fused-ring (bicyclic) bond motifs is 5. The van der Waals surface area contributed by atoms with Gasteiger partial charge in [0.2, 0.25) is 0 Å². The standard InChI is InChI=1S/C29H41NO2/c1-28-12-4-5-24(28)23-8-7-22-18-21(10-14-29(22,2)25(23)11-13-28)17-20-6-9-26(32-16-15-30)27(19-20)31-3/h6,9-10,14,17,19,22-25H,4-5,7-8,11-13,15-16,18,30H2,1-3H3/b21-17-/t22?,23-,24-,25-,28-,29-/m0/s1. The largest absolute Gasteiger partial charge is 0.493 e. The van der Waals surface area contributed by atoms with Crippen LogP contribution in [0.4, 0.5) is 0 Å². The van der Waals surface area contributed by atoms with Gasteiger partial charge in [0.1, 0.15) is 6.61 Å². The minimum Gasteiger partial charge on any atom is -0.493 e. The second-order valence-corrected chi connectivity index (χ2v) is 11.4. The fourth-order valence-corrected chi connectivity index (χ4v) is 8.07. The molecular weight excluding hydrogens is 394 g/mol. The third-order valence-electron chi connectivity index (χ3n) is 9.80. The lowest BCUT2D eigenvalue weighted by Crippen LogP contribution is -2.50. The van der Waals surface area contributed by atoms with Crippen LogP contribution < -0.4 is 15.2 Å².